The maximum Gasteiger partial charge on any atom is 0.533 e. The van der Waals surface area contributed by atoms with E-state index in [-0.39, 0.29) is 18.4 Å². The van der Waals surface area contributed by atoms with Crippen LogP contribution in [-0.2, 0) is 30.0 Å². The van der Waals surface area contributed by atoms with Crippen molar-refractivity contribution >= 4 is 40.4 Å². The van der Waals surface area contributed by atoms with Crippen LogP contribution in [0.4, 0.5) is 13.6 Å². The normalized spacial score (nSPS) is 16.6. The lowest BCUT2D eigenvalue weighted by Gasteiger charge is -2.24. The summed E-state index contributed by atoms with van der Waals surface area (Å²) >= 11 is 5.86. The molecule has 0 aromatic heterocycles. The highest BCUT2D eigenvalue weighted by atomic mass is 35.5. The minimum absolute atomic E-state index is 0.0798. The fourth-order valence-electron chi connectivity index (χ4n) is 3.13. The summed E-state index contributed by atoms with van der Waals surface area (Å²) in [6.07, 6.45) is -1.48. The zero-order valence-electron chi connectivity index (χ0n) is 16.8. The summed E-state index contributed by atoms with van der Waals surface area (Å²) in [5, 5.41) is -0.373. The molecule has 3 atom stereocenters. The number of hydrogen-bond acceptors (Lipinski definition) is 6. The lowest BCUT2D eigenvalue weighted by Crippen LogP contribution is -2.33. The van der Waals surface area contributed by atoms with Gasteiger partial charge in [0.1, 0.15) is 11.6 Å². The van der Waals surface area contributed by atoms with Gasteiger partial charge in [-0.1, -0.05) is 23.6 Å². The zero-order valence-corrected chi connectivity index (χ0v) is 18.3. The molecule has 1 saturated heterocycles. The molecule has 0 bridgehead atoms. The van der Waals surface area contributed by atoms with E-state index in [2.05, 4.69) is 4.84 Å². The summed E-state index contributed by atoms with van der Waals surface area (Å²) < 4.78 is 46.6. The van der Waals surface area contributed by atoms with Crippen LogP contribution in [0, 0.1) is 17.6 Å². The first-order chi connectivity index (χ1) is 15.2. The van der Waals surface area contributed by atoms with E-state index in [4.69, 9.17) is 16.3 Å². The van der Waals surface area contributed by atoms with Crippen molar-refractivity contribution in [2.24, 2.45) is 5.92 Å². The second-order valence-corrected chi connectivity index (χ2v) is 9.06. The average molecular weight is 486 g/mol. The Kier molecular flexibility index (Phi) is 7.57. The van der Waals surface area contributed by atoms with Crippen molar-refractivity contribution < 1.29 is 36.9 Å². The van der Waals surface area contributed by atoms with Crippen LogP contribution in [0.1, 0.15) is 30.6 Å². The van der Waals surface area contributed by atoms with Gasteiger partial charge in [0.05, 0.1) is 22.7 Å². The Labute approximate surface area is 189 Å². The zero-order chi connectivity index (χ0) is 23.4. The van der Waals surface area contributed by atoms with Gasteiger partial charge in [-0.05, 0) is 42.5 Å². The topological polar surface area (TPSA) is 90.0 Å². The molecule has 2 amide bonds. The summed E-state index contributed by atoms with van der Waals surface area (Å²) in [6, 6.07) is 8.80. The molecule has 0 N–H and O–H groups in total. The molecule has 1 heterocycles. The number of carbonyl (C=O) groups is 3. The number of hydrogen-bond donors (Lipinski definition) is 0. The van der Waals surface area contributed by atoms with Gasteiger partial charge in [-0.3, -0.25) is 18.6 Å². The van der Waals surface area contributed by atoms with Gasteiger partial charge in [0, 0.05) is 34.2 Å². The second-order valence-electron chi connectivity index (χ2n) is 7.05. The molecule has 0 saturated carbocycles. The van der Waals surface area contributed by atoms with Crippen LogP contribution in [0.15, 0.2) is 47.4 Å². The van der Waals surface area contributed by atoms with E-state index in [1.165, 1.54) is 31.2 Å². The Balaban J connectivity index is 1.79. The van der Waals surface area contributed by atoms with Crippen LogP contribution in [0.5, 0.6) is 0 Å². The first-order valence-electron chi connectivity index (χ1n) is 9.49. The Morgan fingerprint density at radius 2 is 1.75 bits per heavy atom. The summed E-state index contributed by atoms with van der Waals surface area (Å²) in [6.45, 7) is 1.12. The van der Waals surface area contributed by atoms with Crippen LogP contribution in [-0.4, -0.2) is 33.8 Å². The van der Waals surface area contributed by atoms with Crippen LogP contribution in [0.25, 0.3) is 0 Å². The standard InChI is InChI=1S/C21H18ClF2NO6S/c1-12(11-30-21(28)31-25-18(26)8-9-19(25)27)20(16-10-14(23)4-7-17(16)24)32(29)15-5-2-13(22)3-6-15/h2-7,10,12,20H,8-9,11H2,1H3/t12-,20+,32?/m1/s1. The quantitative estimate of drug-likeness (QED) is 0.428. The maximum absolute atomic E-state index is 14.5. The van der Waals surface area contributed by atoms with Gasteiger partial charge >= 0.3 is 6.16 Å². The predicted octanol–water partition coefficient (Wildman–Crippen LogP) is 4.32. The van der Waals surface area contributed by atoms with Gasteiger partial charge in [-0.2, -0.15) is 0 Å². The Morgan fingerprint density at radius 1 is 1.12 bits per heavy atom. The summed E-state index contributed by atoms with van der Waals surface area (Å²) in [7, 11) is -1.88. The van der Waals surface area contributed by atoms with Crippen LogP contribution < -0.4 is 0 Å². The van der Waals surface area contributed by atoms with Crippen molar-refractivity contribution in [2.45, 2.75) is 29.9 Å². The highest BCUT2D eigenvalue weighted by Gasteiger charge is 2.35. The Morgan fingerprint density at radius 3 is 2.38 bits per heavy atom. The van der Waals surface area contributed by atoms with Gasteiger partial charge in [-0.25, -0.2) is 13.6 Å². The SMILES string of the molecule is C[C@H](COC(=O)ON1C(=O)CCC1=O)[C@@H](c1cc(F)ccc1F)S(=O)c1ccc(Cl)cc1. The van der Waals surface area contributed by atoms with E-state index in [9.17, 15) is 27.4 Å². The Hall–Kier alpha value is -2.85. The number of ether oxygens (including phenoxy) is 1. The number of nitrogens with zero attached hydrogens (tertiary/aromatic N) is 1. The van der Waals surface area contributed by atoms with Crippen LogP contribution >= 0.6 is 11.6 Å². The summed E-state index contributed by atoms with van der Waals surface area (Å²) in [5.41, 5.74) is -0.160. The third-order valence-corrected chi connectivity index (χ3v) is 6.86. The Bertz CT molecular complexity index is 1050. The summed E-state index contributed by atoms with van der Waals surface area (Å²) in [5.74, 6) is -3.63. The highest BCUT2D eigenvalue weighted by molar-refractivity contribution is 7.85. The van der Waals surface area contributed by atoms with Crippen LogP contribution in [0.2, 0.25) is 5.02 Å². The number of amides is 2. The average Bonchev–Trinajstić information content (AvgIpc) is 3.07. The fourth-order valence-corrected chi connectivity index (χ4v) is 4.86. The first-order valence-corrected chi connectivity index (χ1v) is 11.1. The molecule has 0 spiro atoms. The number of halogens is 3. The number of benzene rings is 2. The minimum Gasteiger partial charge on any atom is -0.432 e. The molecule has 2 aromatic rings. The van der Waals surface area contributed by atoms with E-state index in [0.717, 1.165) is 18.2 Å². The number of hydroxylamine groups is 2. The number of imide groups is 1. The molecule has 11 heteroatoms. The number of carbonyl (C=O) groups excluding carboxylic acids is 3. The molecule has 0 aliphatic carbocycles. The fraction of sp³-hybridized carbons (Fsp3) is 0.286. The monoisotopic (exact) mass is 485 g/mol. The lowest BCUT2D eigenvalue weighted by atomic mass is 10.0. The molecule has 1 fully saturated rings. The maximum atomic E-state index is 14.5. The molecule has 2 aromatic carbocycles. The second kappa shape index (κ2) is 10.2. The smallest absolute Gasteiger partial charge is 0.432 e. The lowest BCUT2D eigenvalue weighted by molar-refractivity contribution is -0.177. The molecule has 170 valence electrons. The van der Waals surface area contributed by atoms with Gasteiger partial charge < -0.3 is 4.74 Å². The predicted molar refractivity (Wildman–Crippen MR) is 110 cm³/mol. The van der Waals surface area contributed by atoms with Crippen molar-refractivity contribution in [3.63, 3.8) is 0 Å². The molecule has 1 aliphatic rings. The van der Waals surface area contributed by atoms with E-state index >= 15 is 0 Å². The van der Waals surface area contributed by atoms with Crippen molar-refractivity contribution in [1.82, 2.24) is 5.06 Å². The van der Waals surface area contributed by atoms with Gasteiger partial charge in [0.15, 0.2) is 0 Å². The van der Waals surface area contributed by atoms with Crippen molar-refractivity contribution in [2.75, 3.05) is 6.61 Å². The molecule has 0 radical (unpaired) electrons. The van der Waals surface area contributed by atoms with Gasteiger partial charge in [0.25, 0.3) is 11.8 Å². The first kappa shape index (κ1) is 23.8. The molecule has 1 unspecified atom stereocenters. The molecular formula is C21H18ClF2NO6S. The summed E-state index contributed by atoms with van der Waals surface area (Å²) in [4.78, 5) is 39.9. The van der Waals surface area contributed by atoms with Crippen molar-refractivity contribution in [3.05, 3.63) is 64.7 Å². The molecule has 32 heavy (non-hydrogen) atoms. The van der Waals surface area contributed by atoms with E-state index in [0.29, 0.717) is 15.0 Å². The van der Waals surface area contributed by atoms with Gasteiger partial charge in [0.2, 0.25) is 0 Å². The van der Waals surface area contributed by atoms with Crippen molar-refractivity contribution in [1.29, 1.82) is 0 Å². The third-order valence-electron chi connectivity index (χ3n) is 4.69. The minimum atomic E-state index is -1.88. The molecule has 3 rings (SSSR count). The number of rotatable bonds is 7. The molecule has 1 aliphatic heterocycles. The van der Waals surface area contributed by atoms with E-state index < -0.39 is 58.2 Å². The molecule has 7 nitrogen and oxygen atoms in total. The van der Waals surface area contributed by atoms with Crippen LogP contribution in [0.3, 0.4) is 0 Å². The van der Waals surface area contributed by atoms with E-state index in [1.807, 2.05) is 0 Å². The third kappa shape index (κ3) is 5.49. The van der Waals surface area contributed by atoms with Gasteiger partial charge in [-0.15, -0.1) is 0 Å². The highest BCUT2D eigenvalue weighted by Crippen LogP contribution is 2.35. The largest absolute Gasteiger partial charge is 0.533 e. The molecular weight excluding hydrogens is 468 g/mol. The van der Waals surface area contributed by atoms with Crippen molar-refractivity contribution in [3.8, 4) is 0 Å². The van der Waals surface area contributed by atoms with E-state index in [1.54, 1.807) is 0 Å².